The van der Waals surface area contributed by atoms with Gasteiger partial charge in [-0.2, -0.15) is 0 Å². The predicted molar refractivity (Wildman–Crippen MR) is 106 cm³/mol. The van der Waals surface area contributed by atoms with Crippen molar-refractivity contribution in [2.75, 3.05) is 0 Å². The van der Waals surface area contributed by atoms with Gasteiger partial charge < -0.3 is 4.74 Å². The summed E-state index contributed by atoms with van der Waals surface area (Å²) in [5.41, 5.74) is 7.59. The zero-order valence-corrected chi connectivity index (χ0v) is 15.9. The summed E-state index contributed by atoms with van der Waals surface area (Å²) in [6.45, 7) is 0.403. The van der Waals surface area contributed by atoms with Crippen molar-refractivity contribution in [2.45, 2.75) is 25.9 Å². The molecule has 2 N–H and O–H groups in total. The third-order valence-corrected chi connectivity index (χ3v) is 5.74. The molecule has 2 heterocycles. The highest BCUT2D eigenvalue weighted by molar-refractivity contribution is 7.14. The summed E-state index contributed by atoms with van der Waals surface area (Å²) in [7, 11) is 0. The number of ether oxygens (including phenoxy) is 1. The quantitative estimate of drug-likeness (QED) is 0.652. The van der Waals surface area contributed by atoms with Crippen LogP contribution in [0, 0.1) is 0 Å². The Labute approximate surface area is 166 Å². The molecular weight excluding hydrogens is 374 g/mol. The van der Waals surface area contributed by atoms with E-state index in [1.165, 1.54) is 21.8 Å². The van der Waals surface area contributed by atoms with Crippen LogP contribution in [0.1, 0.15) is 42.5 Å². The number of carbonyl (C=O) groups is 2. The second-order valence-electron chi connectivity index (χ2n) is 6.50. The van der Waals surface area contributed by atoms with Gasteiger partial charge in [-0.25, -0.2) is 0 Å². The van der Waals surface area contributed by atoms with Crippen LogP contribution in [0.3, 0.4) is 0 Å². The molecule has 1 aliphatic carbocycles. The Balaban J connectivity index is 1.28. The Bertz CT molecular complexity index is 962. The Morgan fingerprint density at radius 3 is 2.64 bits per heavy atom. The second-order valence-corrected chi connectivity index (χ2v) is 7.63. The number of nitrogens with one attached hydrogen (secondary N) is 2. The second kappa shape index (κ2) is 8.22. The monoisotopic (exact) mass is 393 g/mol. The van der Waals surface area contributed by atoms with Gasteiger partial charge in [0.25, 0.3) is 11.8 Å². The van der Waals surface area contributed by atoms with Gasteiger partial charge in [0.2, 0.25) is 0 Å². The van der Waals surface area contributed by atoms with E-state index < -0.39 is 0 Å². The van der Waals surface area contributed by atoms with Crippen LogP contribution in [0.15, 0.2) is 54.9 Å². The number of benzene rings is 1. The highest BCUT2D eigenvalue weighted by atomic mass is 32.1. The van der Waals surface area contributed by atoms with Crippen LogP contribution in [0.25, 0.3) is 0 Å². The maximum Gasteiger partial charge on any atom is 0.279 e. The van der Waals surface area contributed by atoms with E-state index in [9.17, 15) is 9.59 Å². The number of carbonyl (C=O) groups excluding carboxylic acids is 2. The first-order valence-electron chi connectivity index (χ1n) is 9.03. The largest absolute Gasteiger partial charge is 0.489 e. The third-order valence-electron chi connectivity index (χ3n) is 4.50. The van der Waals surface area contributed by atoms with E-state index in [1.807, 2.05) is 18.2 Å². The van der Waals surface area contributed by atoms with E-state index in [2.05, 4.69) is 15.8 Å². The van der Waals surface area contributed by atoms with Gasteiger partial charge in [-0.15, -0.1) is 11.3 Å². The normalized spacial score (nSPS) is 12.3. The molecule has 1 aromatic carbocycles. The number of thiophene rings is 1. The van der Waals surface area contributed by atoms with E-state index in [1.54, 1.807) is 36.7 Å². The summed E-state index contributed by atoms with van der Waals surface area (Å²) < 4.78 is 5.67. The number of hydrazine groups is 1. The molecular formula is C21H19N3O3S. The summed E-state index contributed by atoms with van der Waals surface area (Å²) >= 11 is 1.50. The lowest BCUT2D eigenvalue weighted by Crippen LogP contribution is -2.41. The van der Waals surface area contributed by atoms with Gasteiger partial charge in [0, 0.05) is 28.4 Å². The molecule has 0 aliphatic heterocycles. The maximum atomic E-state index is 12.2. The van der Waals surface area contributed by atoms with E-state index in [0.717, 1.165) is 24.8 Å². The van der Waals surface area contributed by atoms with Gasteiger partial charge in [0.15, 0.2) is 0 Å². The molecule has 28 heavy (non-hydrogen) atoms. The van der Waals surface area contributed by atoms with Crippen LogP contribution in [0.5, 0.6) is 5.75 Å². The Kier molecular flexibility index (Phi) is 5.34. The molecule has 1 aliphatic rings. The van der Waals surface area contributed by atoms with Crippen molar-refractivity contribution in [3.05, 3.63) is 81.3 Å². The van der Waals surface area contributed by atoms with E-state index in [4.69, 9.17) is 4.74 Å². The zero-order valence-electron chi connectivity index (χ0n) is 15.1. The Morgan fingerprint density at radius 1 is 1.07 bits per heavy atom. The summed E-state index contributed by atoms with van der Waals surface area (Å²) in [6.07, 6.45) is 6.67. The summed E-state index contributed by atoms with van der Waals surface area (Å²) in [4.78, 5) is 30.4. The highest BCUT2D eigenvalue weighted by Crippen LogP contribution is 2.30. The van der Waals surface area contributed by atoms with Crippen LogP contribution in [0.2, 0.25) is 0 Å². The molecule has 2 aromatic heterocycles. The van der Waals surface area contributed by atoms with Gasteiger partial charge in [-0.3, -0.25) is 25.4 Å². The Morgan fingerprint density at radius 2 is 1.89 bits per heavy atom. The van der Waals surface area contributed by atoms with E-state index in [-0.39, 0.29) is 11.8 Å². The first-order chi connectivity index (χ1) is 13.7. The molecule has 0 saturated heterocycles. The molecule has 4 rings (SSSR count). The van der Waals surface area contributed by atoms with Gasteiger partial charge in [-0.1, -0.05) is 6.07 Å². The molecule has 6 nitrogen and oxygen atoms in total. The lowest BCUT2D eigenvalue weighted by Gasteiger charge is -2.08. The van der Waals surface area contributed by atoms with Crippen molar-refractivity contribution >= 4 is 23.2 Å². The van der Waals surface area contributed by atoms with Crippen LogP contribution in [-0.4, -0.2) is 16.8 Å². The standard InChI is InChI=1S/C21H19N3O3S/c25-20(23-24-21(26)19-11-16-4-1-5-18(16)28-19)15-6-8-17(9-7-15)27-13-14-3-2-10-22-12-14/h2-3,6-12H,1,4-5,13H2,(H,23,25)(H,24,26). The molecule has 0 spiro atoms. The summed E-state index contributed by atoms with van der Waals surface area (Å²) in [6, 6.07) is 12.4. The number of pyridine rings is 1. The first-order valence-corrected chi connectivity index (χ1v) is 9.85. The van der Waals surface area contributed by atoms with Crippen molar-refractivity contribution in [3.63, 3.8) is 0 Å². The lowest BCUT2D eigenvalue weighted by molar-refractivity contribution is 0.0849. The number of hydrogen-bond acceptors (Lipinski definition) is 5. The topological polar surface area (TPSA) is 80.3 Å². The van der Waals surface area contributed by atoms with Crippen LogP contribution in [-0.2, 0) is 19.4 Å². The van der Waals surface area contributed by atoms with Crippen LogP contribution < -0.4 is 15.6 Å². The van der Waals surface area contributed by atoms with Gasteiger partial charge in [0.05, 0.1) is 4.88 Å². The smallest absolute Gasteiger partial charge is 0.279 e. The molecule has 0 bridgehead atoms. The zero-order chi connectivity index (χ0) is 19.3. The number of hydrogen-bond donors (Lipinski definition) is 2. The maximum absolute atomic E-state index is 12.2. The average molecular weight is 393 g/mol. The van der Waals surface area contributed by atoms with Crippen molar-refractivity contribution < 1.29 is 14.3 Å². The van der Waals surface area contributed by atoms with Gasteiger partial charge in [0.1, 0.15) is 12.4 Å². The summed E-state index contributed by atoms with van der Waals surface area (Å²) in [5, 5.41) is 0. The fourth-order valence-corrected chi connectivity index (χ4v) is 4.19. The molecule has 3 aromatic rings. The average Bonchev–Trinajstić information content (AvgIpc) is 3.34. The number of aromatic nitrogens is 1. The van der Waals surface area contributed by atoms with E-state index >= 15 is 0 Å². The van der Waals surface area contributed by atoms with Crippen molar-refractivity contribution in [3.8, 4) is 5.75 Å². The van der Waals surface area contributed by atoms with Crippen LogP contribution in [0.4, 0.5) is 0 Å². The minimum atomic E-state index is -0.378. The molecule has 142 valence electrons. The van der Waals surface area contributed by atoms with Crippen molar-refractivity contribution in [1.29, 1.82) is 0 Å². The minimum Gasteiger partial charge on any atom is -0.489 e. The molecule has 0 unspecified atom stereocenters. The van der Waals surface area contributed by atoms with Crippen molar-refractivity contribution in [1.82, 2.24) is 15.8 Å². The van der Waals surface area contributed by atoms with Crippen LogP contribution >= 0.6 is 11.3 Å². The van der Waals surface area contributed by atoms with E-state index in [0.29, 0.717) is 22.8 Å². The fraction of sp³-hybridized carbons (Fsp3) is 0.190. The number of amides is 2. The minimum absolute atomic E-state index is 0.288. The number of rotatable bonds is 5. The lowest BCUT2D eigenvalue weighted by atomic mass is 10.2. The highest BCUT2D eigenvalue weighted by Gasteiger charge is 2.18. The van der Waals surface area contributed by atoms with Crippen molar-refractivity contribution in [2.24, 2.45) is 0 Å². The fourth-order valence-electron chi connectivity index (χ4n) is 3.04. The number of fused-ring (bicyclic) bond motifs is 1. The Hall–Kier alpha value is -3.19. The number of nitrogens with zero attached hydrogens (tertiary/aromatic N) is 1. The molecule has 0 radical (unpaired) electrons. The molecule has 7 heteroatoms. The SMILES string of the molecule is O=C(NNC(=O)c1cc2c(s1)CCC2)c1ccc(OCc2cccnc2)cc1. The number of aryl methyl sites for hydroxylation is 2. The molecule has 2 amide bonds. The predicted octanol–water partition coefficient (Wildman–Crippen LogP) is 3.29. The first kappa shape index (κ1) is 18.2. The molecule has 0 atom stereocenters. The van der Waals surface area contributed by atoms with Gasteiger partial charge in [-0.05, 0) is 61.2 Å². The summed E-state index contributed by atoms with van der Waals surface area (Å²) in [5.74, 6) is -0.0158. The van der Waals surface area contributed by atoms with Gasteiger partial charge >= 0.3 is 0 Å². The molecule has 0 fully saturated rings. The third kappa shape index (κ3) is 4.20. The molecule has 0 saturated carbocycles.